The SMILES string of the molecule is CN(CCCn1nnc2cc(CNC[C@H](O)c3ccc(O)c4[nH]c(=O)ccc34)c3c(c21)CCC3)C1CCC(OC(=O)[C@@](O)(c2cccs2)c2ccc(Cl)s2)CC1. The Balaban J connectivity index is 0.843. The van der Waals surface area contributed by atoms with Gasteiger partial charge in [0, 0.05) is 37.1 Å². The maximum absolute atomic E-state index is 13.5. The Kier molecular flexibility index (Phi) is 11.3. The molecule has 294 valence electrons. The number of aromatic hydroxyl groups is 1. The van der Waals surface area contributed by atoms with Gasteiger partial charge in [-0.05, 0) is 129 Å². The van der Waals surface area contributed by atoms with E-state index in [1.165, 1.54) is 45.9 Å². The Morgan fingerprint density at radius 3 is 2.71 bits per heavy atom. The molecule has 2 aliphatic carbocycles. The van der Waals surface area contributed by atoms with Crippen molar-refractivity contribution in [3.05, 3.63) is 107 Å². The number of carbonyl (C=O) groups excluding carboxylic acids is 1. The number of thiophene rings is 2. The third-order valence-electron chi connectivity index (χ3n) is 11.4. The summed E-state index contributed by atoms with van der Waals surface area (Å²) in [7, 11) is 2.16. The van der Waals surface area contributed by atoms with Crippen molar-refractivity contribution in [2.45, 2.75) is 88.3 Å². The number of fused-ring (bicyclic) bond motifs is 4. The Morgan fingerprint density at radius 1 is 1.12 bits per heavy atom. The predicted octanol–water partition coefficient (Wildman–Crippen LogP) is 6.18. The molecule has 2 aliphatic rings. The molecule has 12 nitrogen and oxygen atoms in total. The fraction of sp³-hybridized carbons (Fsp3) is 0.415. The van der Waals surface area contributed by atoms with Crippen molar-refractivity contribution in [3.63, 3.8) is 0 Å². The Hall–Kier alpha value is -4.15. The van der Waals surface area contributed by atoms with Gasteiger partial charge in [0.05, 0.1) is 31.2 Å². The molecule has 8 rings (SSSR count). The molecule has 6 aromatic rings. The number of phenols is 1. The average Bonchev–Trinajstić information content (AvgIpc) is 4.03. The molecule has 0 saturated heterocycles. The monoisotopic (exact) mass is 816 g/mol. The summed E-state index contributed by atoms with van der Waals surface area (Å²) in [6.45, 7) is 2.51. The first-order valence-electron chi connectivity index (χ1n) is 19.1. The normalized spacial score (nSPS) is 18.7. The Labute approximate surface area is 336 Å². The van der Waals surface area contributed by atoms with Crippen LogP contribution >= 0.6 is 34.3 Å². The zero-order chi connectivity index (χ0) is 39.0. The minimum Gasteiger partial charge on any atom is -0.506 e. The van der Waals surface area contributed by atoms with Crippen molar-refractivity contribution >= 4 is 62.2 Å². The maximum Gasteiger partial charge on any atom is 0.349 e. The topological polar surface area (TPSA) is 166 Å². The number of hydrogen-bond donors (Lipinski definition) is 5. The van der Waals surface area contributed by atoms with E-state index in [1.807, 2.05) is 11.4 Å². The van der Waals surface area contributed by atoms with E-state index in [0.29, 0.717) is 49.7 Å². The summed E-state index contributed by atoms with van der Waals surface area (Å²) in [5, 5.41) is 48.0. The van der Waals surface area contributed by atoms with Gasteiger partial charge in [0.15, 0.2) is 0 Å². The number of carbonyl (C=O) groups is 1. The van der Waals surface area contributed by atoms with Crippen LogP contribution in [0.2, 0.25) is 4.34 Å². The van der Waals surface area contributed by atoms with E-state index in [-0.39, 0.29) is 17.4 Å². The van der Waals surface area contributed by atoms with Gasteiger partial charge in [-0.1, -0.05) is 28.9 Å². The molecular weight excluding hydrogens is 772 g/mol. The molecule has 5 N–H and O–H groups in total. The van der Waals surface area contributed by atoms with Gasteiger partial charge in [-0.15, -0.1) is 27.8 Å². The van der Waals surface area contributed by atoms with Crippen LogP contribution in [0.15, 0.2) is 64.8 Å². The smallest absolute Gasteiger partial charge is 0.349 e. The Bertz CT molecular complexity index is 2400. The number of aliphatic hydroxyl groups excluding tert-OH is 1. The second kappa shape index (κ2) is 16.4. The number of pyridine rings is 1. The molecule has 0 amide bonds. The zero-order valence-corrected chi connectivity index (χ0v) is 33.4. The molecule has 4 heterocycles. The van der Waals surface area contributed by atoms with E-state index in [2.05, 4.69) is 43.3 Å². The highest BCUT2D eigenvalue weighted by Crippen LogP contribution is 2.40. The van der Waals surface area contributed by atoms with Gasteiger partial charge in [-0.3, -0.25) is 4.79 Å². The number of esters is 1. The van der Waals surface area contributed by atoms with Gasteiger partial charge in [0.1, 0.15) is 17.4 Å². The first-order valence-corrected chi connectivity index (χ1v) is 21.2. The lowest BCUT2D eigenvalue weighted by molar-refractivity contribution is -0.169. The standard InChI is InChI=1S/C41H45ClN6O6S2/c1-47(25-8-10-26(11-9-25)54-40(52)41(53,34-7-3-20-55-34)35-15-16-36(42)56-35)18-4-19-48-39-30-6-2-5-27(30)24(21-31(39)45-46-48)22-43-23-33(50)28-12-14-32(49)38-29(28)13-17-37(51)44-38/h3,7,12-17,20-21,25-26,33,43,49-50,53H,2,4-6,8-11,18-19,22-23H2,1H3,(H,44,51)/t25?,26?,33-,41+/m0/s1. The van der Waals surface area contributed by atoms with Crippen LogP contribution in [-0.2, 0) is 41.1 Å². The third-order valence-corrected chi connectivity index (χ3v) is 13.7. The third kappa shape index (κ3) is 7.63. The van der Waals surface area contributed by atoms with Crippen molar-refractivity contribution in [2.75, 3.05) is 20.1 Å². The van der Waals surface area contributed by atoms with E-state index in [9.17, 15) is 24.9 Å². The second-order valence-corrected chi connectivity index (χ2v) is 17.6. The van der Waals surface area contributed by atoms with Crippen molar-refractivity contribution < 1.29 is 24.9 Å². The lowest BCUT2D eigenvalue weighted by atomic mass is 9.91. The number of aryl methyl sites for hydroxylation is 2. The molecule has 2 atom stereocenters. The van der Waals surface area contributed by atoms with Crippen LogP contribution in [-0.4, -0.2) is 78.4 Å². The van der Waals surface area contributed by atoms with Gasteiger partial charge in [-0.2, -0.15) is 0 Å². The van der Waals surface area contributed by atoms with E-state index in [4.69, 9.17) is 16.3 Å². The van der Waals surface area contributed by atoms with E-state index >= 15 is 0 Å². The molecule has 4 aromatic heterocycles. The van der Waals surface area contributed by atoms with Crippen LogP contribution in [0.5, 0.6) is 5.75 Å². The van der Waals surface area contributed by atoms with Crippen molar-refractivity contribution in [1.82, 2.24) is 30.2 Å². The second-order valence-electron chi connectivity index (χ2n) is 14.9. The number of aromatic nitrogens is 4. The minimum atomic E-state index is -1.87. The maximum atomic E-state index is 13.5. The van der Waals surface area contributed by atoms with E-state index in [0.717, 1.165) is 81.1 Å². The number of nitrogens with zero attached hydrogens (tertiary/aromatic N) is 4. The van der Waals surface area contributed by atoms with E-state index < -0.39 is 17.7 Å². The van der Waals surface area contributed by atoms with Crippen LogP contribution in [0.4, 0.5) is 0 Å². The Morgan fingerprint density at radius 2 is 1.95 bits per heavy atom. The largest absolute Gasteiger partial charge is 0.506 e. The summed E-state index contributed by atoms with van der Waals surface area (Å²) in [5.74, 6) is -0.684. The highest BCUT2D eigenvalue weighted by Gasteiger charge is 2.45. The van der Waals surface area contributed by atoms with Crippen LogP contribution in [0.3, 0.4) is 0 Å². The molecule has 0 radical (unpaired) electrons. The number of H-pyrrole nitrogens is 1. The van der Waals surface area contributed by atoms with Gasteiger partial charge in [0.25, 0.3) is 0 Å². The summed E-state index contributed by atoms with van der Waals surface area (Å²) >= 11 is 8.68. The van der Waals surface area contributed by atoms with Crippen molar-refractivity contribution in [2.24, 2.45) is 0 Å². The number of aliphatic hydroxyl groups is 2. The quantitative estimate of drug-likeness (QED) is 0.0802. The molecule has 1 saturated carbocycles. The molecule has 1 fully saturated rings. The van der Waals surface area contributed by atoms with Crippen LogP contribution in [0.1, 0.15) is 76.6 Å². The molecule has 0 aliphatic heterocycles. The van der Waals surface area contributed by atoms with Crippen molar-refractivity contribution in [1.29, 1.82) is 0 Å². The number of hydrogen-bond acceptors (Lipinski definition) is 12. The lowest BCUT2D eigenvalue weighted by Crippen LogP contribution is -2.42. The van der Waals surface area contributed by atoms with Crippen LogP contribution in [0.25, 0.3) is 21.9 Å². The number of aromatic amines is 1. The molecule has 15 heteroatoms. The van der Waals surface area contributed by atoms with Gasteiger partial charge < -0.3 is 35.3 Å². The summed E-state index contributed by atoms with van der Waals surface area (Å²) in [6, 6.07) is 15.6. The molecule has 0 spiro atoms. The van der Waals surface area contributed by atoms with Crippen LogP contribution < -0.4 is 10.9 Å². The highest BCUT2D eigenvalue weighted by atomic mass is 35.5. The average molecular weight is 817 g/mol. The molecule has 56 heavy (non-hydrogen) atoms. The summed E-state index contributed by atoms with van der Waals surface area (Å²) in [6.07, 6.45) is 6.13. The van der Waals surface area contributed by atoms with Crippen LogP contribution in [0, 0.1) is 0 Å². The number of nitrogens with one attached hydrogen (secondary N) is 2. The van der Waals surface area contributed by atoms with E-state index in [1.54, 1.807) is 30.3 Å². The molecule has 0 unspecified atom stereocenters. The molecular formula is C41H45ClN6O6S2. The first-order chi connectivity index (χ1) is 27.1. The highest BCUT2D eigenvalue weighted by molar-refractivity contribution is 7.16. The molecule has 0 bridgehead atoms. The first kappa shape index (κ1) is 38.7. The van der Waals surface area contributed by atoms with Gasteiger partial charge >= 0.3 is 5.97 Å². The van der Waals surface area contributed by atoms with Gasteiger partial charge in [-0.25, -0.2) is 9.48 Å². The zero-order valence-electron chi connectivity index (χ0n) is 31.0. The number of ether oxygens (including phenoxy) is 1. The predicted molar refractivity (Wildman–Crippen MR) is 218 cm³/mol. The minimum absolute atomic E-state index is 0.0343. The summed E-state index contributed by atoms with van der Waals surface area (Å²) in [5.41, 5.74) is 4.56. The fourth-order valence-electron chi connectivity index (χ4n) is 8.47. The number of benzene rings is 2. The number of rotatable bonds is 14. The lowest BCUT2D eigenvalue weighted by Gasteiger charge is -2.35. The summed E-state index contributed by atoms with van der Waals surface area (Å²) in [4.78, 5) is 31.4. The summed E-state index contributed by atoms with van der Waals surface area (Å²) < 4.78 is 8.53. The number of phenolic OH excluding ortho intramolecular Hbond substituents is 1. The fourth-order valence-corrected chi connectivity index (χ4v) is 10.5. The van der Waals surface area contributed by atoms with Crippen molar-refractivity contribution in [3.8, 4) is 5.75 Å². The molecule has 2 aromatic carbocycles. The van der Waals surface area contributed by atoms with Gasteiger partial charge in [0.2, 0.25) is 11.2 Å². The number of halogens is 1.